The van der Waals surface area contributed by atoms with Crippen LogP contribution in [-0.2, 0) is 0 Å². The van der Waals surface area contributed by atoms with Gasteiger partial charge in [0.2, 0.25) is 0 Å². The molecule has 0 bridgehead atoms. The zero-order chi connectivity index (χ0) is 13.4. The summed E-state index contributed by atoms with van der Waals surface area (Å²) in [6.45, 7) is 8.22. The van der Waals surface area contributed by atoms with E-state index in [9.17, 15) is 5.11 Å². The van der Waals surface area contributed by atoms with Crippen molar-refractivity contribution in [3.63, 3.8) is 0 Å². The first kappa shape index (κ1) is 12.9. The molecular weight excluding hydrogens is 226 g/mol. The minimum atomic E-state index is -0.583. The fraction of sp³-hybridized carbons (Fsp3) is 0.500. The van der Waals surface area contributed by atoms with Crippen LogP contribution in [0, 0.1) is 5.92 Å². The predicted molar refractivity (Wildman–Crippen MR) is 74.3 cm³/mol. The molecule has 1 aromatic carbocycles. The third kappa shape index (κ3) is 2.08. The molecule has 4 nitrogen and oxygen atoms in total. The second-order valence-corrected chi connectivity index (χ2v) is 5.25. The lowest BCUT2D eigenvalue weighted by molar-refractivity contribution is 0.179. The second kappa shape index (κ2) is 4.61. The van der Waals surface area contributed by atoms with E-state index in [0.29, 0.717) is 17.4 Å². The molecule has 0 aliphatic heterocycles. The summed E-state index contributed by atoms with van der Waals surface area (Å²) >= 11 is 0. The maximum absolute atomic E-state index is 9.89. The van der Waals surface area contributed by atoms with Gasteiger partial charge in [-0.05, 0) is 38.0 Å². The fourth-order valence-corrected chi connectivity index (χ4v) is 2.16. The molecule has 0 spiro atoms. The molecule has 3 N–H and O–H groups in total. The van der Waals surface area contributed by atoms with Crippen LogP contribution in [0.3, 0.4) is 0 Å². The van der Waals surface area contributed by atoms with Gasteiger partial charge in [0.05, 0.1) is 11.0 Å². The molecule has 0 radical (unpaired) electrons. The summed E-state index contributed by atoms with van der Waals surface area (Å²) in [5, 5.41) is 9.89. The third-order valence-electron chi connectivity index (χ3n) is 3.49. The van der Waals surface area contributed by atoms with Crippen LogP contribution in [0.2, 0.25) is 0 Å². The number of anilines is 1. The SMILES string of the molecule is CC(O)c1nc2cc(N)ccc2n1C(C)C(C)C. The number of hydrogen-bond donors (Lipinski definition) is 2. The van der Waals surface area contributed by atoms with E-state index in [4.69, 9.17) is 5.73 Å². The van der Waals surface area contributed by atoms with Gasteiger partial charge in [0, 0.05) is 11.7 Å². The number of benzene rings is 1. The fourth-order valence-electron chi connectivity index (χ4n) is 2.16. The minimum absolute atomic E-state index is 0.281. The zero-order valence-corrected chi connectivity index (χ0v) is 11.4. The van der Waals surface area contributed by atoms with Gasteiger partial charge in [-0.1, -0.05) is 13.8 Å². The highest BCUT2D eigenvalue weighted by molar-refractivity contribution is 5.80. The van der Waals surface area contributed by atoms with Crippen molar-refractivity contribution < 1.29 is 5.11 Å². The van der Waals surface area contributed by atoms with Crippen LogP contribution in [0.1, 0.15) is 45.7 Å². The largest absolute Gasteiger partial charge is 0.399 e. The van der Waals surface area contributed by atoms with Crippen molar-refractivity contribution in [2.45, 2.75) is 39.8 Å². The summed E-state index contributed by atoms with van der Waals surface area (Å²) in [6.07, 6.45) is -0.583. The molecule has 2 rings (SSSR count). The Kier molecular flexibility index (Phi) is 3.30. The molecule has 4 heteroatoms. The summed E-state index contributed by atoms with van der Waals surface area (Å²) in [5.41, 5.74) is 8.35. The van der Waals surface area contributed by atoms with Gasteiger partial charge in [-0.15, -0.1) is 0 Å². The van der Waals surface area contributed by atoms with Crippen molar-refractivity contribution in [2.75, 3.05) is 5.73 Å². The number of nitrogens with two attached hydrogens (primary N) is 1. The summed E-state index contributed by atoms with van der Waals surface area (Å²) in [4.78, 5) is 4.51. The summed E-state index contributed by atoms with van der Waals surface area (Å²) in [5.74, 6) is 1.18. The first-order valence-electron chi connectivity index (χ1n) is 6.37. The first-order chi connectivity index (χ1) is 8.41. The highest BCUT2D eigenvalue weighted by Gasteiger charge is 2.20. The van der Waals surface area contributed by atoms with Crippen molar-refractivity contribution in [1.82, 2.24) is 9.55 Å². The molecule has 0 aliphatic carbocycles. The van der Waals surface area contributed by atoms with Crippen LogP contribution in [0.5, 0.6) is 0 Å². The van der Waals surface area contributed by atoms with Crippen LogP contribution < -0.4 is 5.73 Å². The van der Waals surface area contributed by atoms with Crippen LogP contribution in [0.25, 0.3) is 11.0 Å². The molecule has 0 amide bonds. The van der Waals surface area contributed by atoms with Gasteiger partial charge in [-0.2, -0.15) is 0 Å². The maximum Gasteiger partial charge on any atom is 0.138 e. The number of aliphatic hydroxyl groups is 1. The van der Waals surface area contributed by atoms with E-state index in [0.717, 1.165) is 11.0 Å². The van der Waals surface area contributed by atoms with Crippen LogP contribution in [-0.4, -0.2) is 14.7 Å². The van der Waals surface area contributed by atoms with Gasteiger partial charge in [0.25, 0.3) is 0 Å². The average molecular weight is 247 g/mol. The Morgan fingerprint density at radius 2 is 1.89 bits per heavy atom. The highest BCUT2D eigenvalue weighted by Crippen LogP contribution is 2.29. The van der Waals surface area contributed by atoms with Gasteiger partial charge in [-0.3, -0.25) is 0 Å². The number of hydrogen-bond acceptors (Lipinski definition) is 3. The number of fused-ring (bicyclic) bond motifs is 1. The smallest absolute Gasteiger partial charge is 0.138 e. The second-order valence-electron chi connectivity index (χ2n) is 5.25. The normalized spacial score (nSPS) is 15.2. The van der Waals surface area contributed by atoms with Gasteiger partial charge in [0.1, 0.15) is 11.9 Å². The van der Waals surface area contributed by atoms with E-state index >= 15 is 0 Å². The minimum Gasteiger partial charge on any atom is -0.399 e. The molecule has 0 saturated heterocycles. The maximum atomic E-state index is 9.89. The van der Waals surface area contributed by atoms with E-state index in [1.54, 1.807) is 6.92 Å². The molecule has 2 atom stereocenters. The topological polar surface area (TPSA) is 64.1 Å². The molecule has 2 aromatic rings. The summed E-state index contributed by atoms with van der Waals surface area (Å²) in [7, 11) is 0. The molecule has 98 valence electrons. The Morgan fingerprint density at radius 1 is 1.22 bits per heavy atom. The lowest BCUT2D eigenvalue weighted by Gasteiger charge is -2.22. The highest BCUT2D eigenvalue weighted by atomic mass is 16.3. The van der Waals surface area contributed by atoms with Crippen molar-refractivity contribution >= 4 is 16.7 Å². The number of nitrogens with zero attached hydrogens (tertiary/aromatic N) is 2. The van der Waals surface area contributed by atoms with Crippen LogP contribution >= 0.6 is 0 Å². The zero-order valence-electron chi connectivity index (χ0n) is 11.4. The Bertz CT molecular complexity index is 557. The number of nitrogen functional groups attached to an aromatic ring is 1. The van der Waals surface area contributed by atoms with Crippen molar-refractivity contribution in [2.24, 2.45) is 5.92 Å². The van der Waals surface area contributed by atoms with E-state index in [1.807, 2.05) is 18.2 Å². The molecular formula is C14H21N3O. The molecule has 1 aromatic heterocycles. The summed E-state index contributed by atoms with van der Waals surface area (Å²) in [6, 6.07) is 5.98. The number of aromatic nitrogens is 2. The van der Waals surface area contributed by atoms with E-state index in [2.05, 4.69) is 30.3 Å². The number of aliphatic hydroxyl groups excluding tert-OH is 1. The van der Waals surface area contributed by atoms with Crippen molar-refractivity contribution in [3.8, 4) is 0 Å². The average Bonchev–Trinajstić information content (AvgIpc) is 2.66. The Morgan fingerprint density at radius 3 is 2.44 bits per heavy atom. The number of rotatable bonds is 3. The monoisotopic (exact) mass is 247 g/mol. The lowest BCUT2D eigenvalue weighted by Crippen LogP contribution is -2.16. The quantitative estimate of drug-likeness (QED) is 0.820. The van der Waals surface area contributed by atoms with Crippen molar-refractivity contribution in [1.29, 1.82) is 0 Å². The van der Waals surface area contributed by atoms with Gasteiger partial charge >= 0.3 is 0 Å². The van der Waals surface area contributed by atoms with E-state index in [1.165, 1.54) is 0 Å². The molecule has 0 saturated carbocycles. The third-order valence-corrected chi connectivity index (χ3v) is 3.49. The summed E-state index contributed by atoms with van der Waals surface area (Å²) < 4.78 is 2.12. The van der Waals surface area contributed by atoms with Crippen LogP contribution in [0.4, 0.5) is 5.69 Å². The van der Waals surface area contributed by atoms with E-state index < -0.39 is 6.10 Å². The molecule has 2 unspecified atom stereocenters. The Hall–Kier alpha value is -1.55. The molecule has 1 heterocycles. The molecule has 18 heavy (non-hydrogen) atoms. The molecule has 0 fully saturated rings. The lowest BCUT2D eigenvalue weighted by atomic mass is 10.1. The Balaban J connectivity index is 2.70. The van der Waals surface area contributed by atoms with Gasteiger partial charge in [0.15, 0.2) is 0 Å². The van der Waals surface area contributed by atoms with E-state index in [-0.39, 0.29) is 6.04 Å². The standard InChI is InChI=1S/C14H21N3O/c1-8(2)9(3)17-13-6-5-11(15)7-12(13)16-14(17)10(4)18/h5-10,18H,15H2,1-4H3. The Labute approximate surface area is 107 Å². The van der Waals surface area contributed by atoms with Gasteiger partial charge < -0.3 is 15.4 Å². The number of imidazole rings is 1. The van der Waals surface area contributed by atoms with Gasteiger partial charge in [-0.25, -0.2) is 4.98 Å². The first-order valence-corrected chi connectivity index (χ1v) is 6.37. The van der Waals surface area contributed by atoms with Crippen molar-refractivity contribution in [3.05, 3.63) is 24.0 Å². The molecule has 0 aliphatic rings. The van der Waals surface area contributed by atoms with Crippen LogP contribution in [0.15, 0.2) is 18.2 Å². The predicted octanol–water partition coefficient (Wildman–Crippen LogP) is 2.89.